The standard InChI is InChI=1S/C11H12FN5O2S/c1-6-15-5-10(16-6)20(18,19)17-7-2-3-9(12)8(4-7)11(13)14/h2-5,17H,1H3,(H3,13,14)(H,15,16). The minimum absolute atomic E-state index is 0.101. The number of aryl methyl sites for hydroxylation is 1. The second-order valence-electron chi connectivity index (χ2n) is 4.05. The number of benzene rings is 1. The number of halogens is 1. The SMILES string of the molecule is Cc1ncc(S(=O)(=O)Nc2ccc(F)c(C(=N)N)c2)[nH]1. The lowest BCUT2D eigenvalue weighted by Crippen LogP contribution is -2.16. The van der Waals surface area contributed by atoms with Crippen LogP contribution in [-0.2, 0) is 10.0 Å². The van der Waals surface area contributed by atoms with E-state index in [4.69, 9.17) is 11.1 Å². The maximum absolute atomic E-state index is 13.4. The van der Waals surface area contributed by atoms with Crippen LogP contribution >= 0.6 is 0 Å². The van der Waals surface area contributed by atoms with Gasteiger partial charge >= 0.3 is 0 Å². The number of nitrogens with two attached hydrogens (primary N) is 1. The predicted octanol–water partition coefficient (Wildman–Crippen LogP) is 0.942. The van der Waals surface area contributed by atoms with Crippen molar-refractivity contribution in [2.45, 2.75) is 11.9 Å². The molecule has 0 atom stereocenters. The second-order valence-corrected chi connectivity index (χ2v) is 5.70. The summed E-state index contributed by atoms with van der Waals surface area (Å²) >= 11 is 0. The number of aromatic nitrogens is 2. The van der Waals surface area contributed by atoms with Crippen LogP contribution in [0.15, 0.2) is 29.4 Å². The Morgan fingerprint density at radius 1 is 1.50 bits per heavy atom. The van der Waals surface area contributed by atoms with Gasteiger partial charge in [-0.2, -0.15) is 8.42 Å². The zero-order valence-corrected chi connectivity index (χ0v) is 11.3. The van der Waals surface area contributed by atoms with Crippen molar-refractivity contribution in [1.29, 1.82) is 5.41 Å². The van der Waals surface area contributed by atoms with Gasteiger partial charge in [-0.15, -0.1) is 0 Å². The largest absolute Gasteiger partial charge is 0.384 e. The molecule has 2 rings (SSSR count). The minimum atomic E-state index is -3.85. The third-order valence-corrected chi connectivity index (χ3v) is 3.77. The number of aromatic amines is 1. The average molecular weight is 297 g/mol. The first-order chi connectivity index (χ1) is 9.29. The molecule has 0 aliphatic heterocycles. The molecule has 2 aromatic rings. The number of imidazole rings is 1. The zero-order chi connectivity index (χ0) is 14.9. The summed E-state index contributed by atoms with van der Waals surface area (Å²) in [5.41, 5.74) is 5.14. The van der Waals surface area contributed by atoms with E-state index in [2.05, 4.69) is 14.7 Å². The maximum atomic E-state index is 13.4. The van der Waals surface area contributed by atoms with Crippen LogP contribution in [0.2, 0.25) is 0 Å². The van der Waals surface area contributed by atoms with Crippen molar-refractivity contribution in [1.82, 2.24) is 9.97 Å². The minimum Gasteiger partial charge on any atom is -0.384 e. The fraction of sp³-hybridized carbons (Fsp3) is 0.0909. The lowest BCUT2D eigenvalue weighted by molar-refractivity contribution is 0.598. The van der Waals surface area contributed by atoms with Crippen LogP contribution in [0.4, 0.5) is 10.1 Å². The highest BCUT2D eigenvalue weighted by Gasteiger charge is 2.17. The Kier molecular flexibility index (Phi) is 3.45. The van der Waals surface area contributed by atoms with Crippen LogP contribution in [-0.4, -0.2) is 24.2 Å². The summed E-state index contributed by atoms with van der Waals surface area (Å²) in [5.74, 6) is -0.729. The number of anilines is 1. The van der Waals surface area contributed by atoms with Gasteiger partial charge in [-0.3, -0.25) is 10.1 Å². The first-order valence-corrected chi connectivity index (χ1v) is 6.96. The van der Waals surface area contributed by atoms with Crippen molar-refractivity contribution in [3.05, 3.63) is 41.6 Å². The van der Waals surface area contributed by atoms with Gasteiger partial charge in [0, 0.05) is 5.69 Å². The van der Waals surface area contributed by atoms with E-state index in [1.807, 2.05) is 0 Å². The topological polar surface area (TPSA) is 125 Å². The molecule has 0 fully saturated rings. The van der Waals surface area contributed by atoms with E-state index in [9.17, 15) is 12.8 Å². The second kappa shape index (κ2) is 4.93. The van der Waals surface area contributed by atoms with Crippen molar-refractivity contribution >= 4 is 21.5 Å². The number of rotatable bonds is 4. The number of sulfonamides is 1. The number of hydrogen-bond donors (Lipinski definition) is 4. The number of nitrogens with one attached hydrogen (secondary N) is 3. The molecule has 7 nitrogen and oxygen atoms in total. The number of H-pyrrole nitrogens is 1. The van der Waals surface area contributed by atoms with Crippen LogP contribution in [0.5, 0.6) is 0 Å². The lowest BCUT2D eigenvalue weighted by atomic mass is 10.2. The van der Waals surface area contributed by atoms with E-state index in [1.165, 1.54) is 12.3 Å². The Hall–Kier alpha value is -2.42. The third-order valence-electron chi connectivity index (χ3n) is 2.48. The fourth-order valence-corrected chi connectivity index (χ4v) is 2.56. The van der Waals surface area contributed by atoms with E-state index < -0.39 is 21.7 Å². The van der Waals surface area contributed by atoms with Gasteiger partial charge in [0.05, 0.1) is 11.8 Å². The summed E-state index contributed by atoms with van der Waals surface area (Å²) in [4.78, 5) is 6.38. The Bertz CT molecular complexity index is 769. The van der Waals surface area contributed by atoms with Gasteiger partial charge in [0.2, 0.25) is 0 Å². The van der Waals surface area contributed by atoms with Crippen LogP contribution in [0.25, 0.3) is 0 Å². The molecular weight excluding hydrogens is 285 g/mol. The molecule has 5 N–H and O–H groups in total. The van der Waals surface area contributed by atoms with Crippen molar-refractivity contribution < 1.29 is 12.8 Å². The summed E-state index contributed by atoms with van der Waals surface area (Å²) in [5, 5.41) is 7.11. The van der Waals surface area contributed by atoms with E-state index >= 15 is 0 Å². The molecular formula is C11H12FN5O2S. The molecule has 0 bridgehead atoms. The van der Waals surface area contributed by atoms with Gasteiger partial charge in [-0.1, -0.05) is 0 Å². The molecule has 0 saturated carbocycles. The Morgan fingerprint density at radius 2 is 2.20 bits per heavy atom. The van der Waals surface area contributed by atoms with Gasteiger partial charge in [0.15, 0.2) is 5.03 Å². The van der Waals surface area contributed by atoms with Crippen molar-refractivity contribution in [3.63, 3.8) is 0 Å². The van der Waals surface area contributed by atoms with Crippen molar-refractivity contribution in [2.24, 2.45) is 5.73 Å². The highest BCUT2D eigenvalue weighted by atomic mass is 32.2. The molecule has 0 amide bonds. The Labute approximate surface area is 114 Å². The molecule has 1 heterocycles. The normalized spacial score (nSPS) is 11.3. The summed E-state index contributed by atoms with van der Waals surface area (Å²) < 4.78 is 39.7. The van der Waals surface area contributed by atoms with Gasteiger partial charge in [-0.25, -0.2) is 9.37 Å². The van der Waals surface area contributed by atoms with Crippen molar-refractivity contribution in [2.75, 3.05) is 4.72 Å². The number of amidine groups is 1. The summed E-state index contributed by atoms with van der Waals surface area (Å²) in [6.45, 7) is 1.62. The first kappa shape index (κ1) is 14.0. The fourth-order valence-electron chi connectivity index (χ4n) is 1.54. The number of nitrogen functional groups attached to an aromatic ring is 1. The molecule has 1 aromatic heterocycles. The third kappa shape index (κ3) is 2.77. The number of nitrogens with zero attached hydrogens (tertiary/aromatic N) is 1. The van der Waals surface area contributed by atoms with Gasteiger partial charge in [0.25, 0.3) is 10.0 Å². The maximum Gasteiger partial charge on any atom is 0.278 e. The van der Waals surface area contributed by atoms with Crippen LogP contribution in [0.3, 0.4) is 0 Å². The molecule has 1 aromatic carbocycles. The Balaban J connectivity index is 2.35. The molecule has 9 heteroatoms. The molecule has 106 valence electrons. The highest BCUT2D eigenvalue weighted by molar-refractivity contribution is 7.92. The molecule has 0 aliphatic carbocycles. The van der Waals surface area contributed by atoms with E-state index in [0.717, 1.165) is 12.1 Å². The van der Waals surface area contributed by atoms with Gasteiger partial charge < -0.3 is 10.7 Å². The van der Waals surface area contributed by atoms with Crippen LogP contribution in [0, 0.1) is 18.2 Å². The molecule has 0 aliphatic rings. The van der Waals surface area contributed by atoms with Gasteiger partial charge in [0.1, 0.15) is 17.5 Å². The van der Waals surface area contributed by atoms with E-state index in [-0.39, 0.29) is 16.3 Å². The monoisotopic (exact) mass is 297 g/mol. The van der Waals surface area contributed by atoms with Crippen LogP contribution < -0.4 is 10.5 Å². The molecule has 20 heavy (non-hydrogen) atoms. The summed E-state index contributed by atoms with van der Waals surface area (Å²) in [6.07, 6.45) is 1.17. The van der Waals surface area contributed by atoms with E-state index in [0.29, 0.717) is 5.82 Å². The first-order valence-electron chi connectivity index (χ1n) is 5.48. The van der Waals surface area contributed by atoms with Gasteiger partial charge in [-0.05, 0) is 25.1 Å². The lowest BCUT2D eigenvalue weighted by Gasteiger charge is -2.08. The quantitative estimate of drug-likeness (QED) is 0.495. The predicted molar refractivity (Wildman–Crippen MR) is 71.5 cm³/mol. The molecule has 0 unspecified atom stereocenters. The average Bonchev–Trinajstić information content (AvgIpc) is 2.78. The Morgan fingerprint density at radius 3 is 2.75 bits per heavy atom. The van der Waals surface area contributed by atoms with Crippen LogP contribution in [0.1, 0.15) is 11.4 Å². The molecule has 0 saturated heterocycles. The molecule has 0 radical (unpaired) electrons. The van der Waals surface area contributed by atoms with Crippen molar-refractivity contribution in [3.8, 4) is 0 Å². The summed E-state index contributed by atoms with van der Waals surface area (Å²) in [6, 6.07) is 3.42. The van der Waals surface area contributed by atoms with E-state index in [1.54, 1.807) is 6.92 Å². The summed E-state index contributed by atoms with van der Waals surface area (Å²) in [7, 11) is -3.85. The molecule has 0 spiro atoms. The zero-order valence-electron chi connectivity index (χ0n) is 10.4. The highest BCUT2D eigenvalue weighted by Crippen LogP contribution is 2.18. The smallest absolute Gasteiger partial charge is 0.278 e. The number of hydrogen-bond acceptors (Lipinski definition) is 4.